The lowest BCUT2D eigenvalue weighted by atomic mass is 9.99. The molecule has 1 fully saturated rings. The summed E-state index contributed by atoms with van der Waals surface area (Å²) in [5.74, 6) is 0.282. The van der Waals surface area contributed by atoms with Gasteiger partial charge in [0.1, 0.15) is 5.75 Å². The molecule has 1 heterocycles. The number of sulfonamides is 1. The molecule has 1 saturated heterocycles. The molecule has 2 rings (SSSR count). The van der Waals surface area contributed by atoms with Gasteiger partial charge in [-0.05, 0) is 43.5 Å². The highest BCUT2D eigenvalue weighted by atomic mass is 32.2. The Morgan fingerprint density at radius 2 is 2.04 bits per heavy atom. The van der Waals surface area contributed by atoms with Gasteiger partial charge >= 0.3 is 0 Å². The molecule has 6 nitrogen and oxygen atoms in total. The van der Waals surface area contributed by atoms with Crippen LogP contribution in [0.15, 0.2) is 29.2 Å². The summed E-state index contributed by atoms with van der Waals surface area (Å²) < 4.78 is 31.9. The maximum Gasteiger partial charge on any atom is 0.243 e. The van der Waals surface area contributed by atoms with E-state index < -0.39 is 10.0 Å². The van der Waals surface area contributed by atoms with Gasteiger partial charge in [-0.1, -0.05) is 6.92 Å². The number of methoxy groups -OCH3 is 1. The zero-order chi connectivity index (χ0) is 16.9. The normalized spacial score (nSPS) is 19.3. The van der Waals surface area contributed by atoms with E-state index in [-0.39, 0.29) is 23.3 Å². The van der Waals surface area contributed by atoms with Crippen molar-refractivity contribution in [3.63, 3.8) is 0 Å². The van der Waals surface area contributed by atoms with Crippen molar-refractivity contribution >= 4 is 15.9 Å². The molecule has 0 bridgehead atoms. The van der Waals surface area contributed by atoms with Gasteiger partial charge in [-0.2, -0.15) is 4.31 Å². The van der Waals surface area contributed by atoms with Gasteiger partial charge in [0.25, 0.3) is 0 Å². The summed E-state index contributed by atoms with van der Waals surface area (Å²) in [7, 11) is -2.04. The van der Waals surface area contributed by atoms with Crippen molar-refractivity contribution in [1.82, 2.24) is 9.62 Å². The molecular weight excluding hydrogens is 316 g/mol. The third-order valence-corrected chi connectivity index (χ3v) is 5.88. The monoisotopic (exact) mass is 340 g/mol. The number of hydrogen-bond acceptors (Lipinski definition) is 4. The molecule has 1 amide bonds. The molecule has 23 heavy (non-hydrogen) atoms. The van der Waals surface area contributed by atoms with Crippen LogP contribution in [0.2, 0.25) is 0 Å². The highest BCUT2D eigenvalue weighted by Gasteiger charge is 2.33. The number of piperidine rings is 1. The number of nitrogens with zero attached hydrogens (tertiary/aromatic N) is 1. The average Bonchev–Trinajstić information content (AvgIpc) is 2.59. The summed E-state index contributed by atoms with van der Waals surface area (Å²) in [5, 5.41) is 2.85. The fourth-order valence-electron chi connectivity index (χ4n) is 2.66. The number of nitrogens with one attached hydrogen (secondary N) is 1. The molecule has 0 aromatic heterocycles. The number of benzene rings is 1. The third kappa shape index (κ3) is 4.23. The molecule has 0 aliphatic carbocycles. The zero-order valence-corrected chi connectivity index (χ0v) is 14.4. The second-order valence-corrected chi connectivity index (χ2v) is 7.61. The van der Waals surface area contributed by atoms with E-state index in [2.05, 4.69) is 5.32 Å². The first-order chi connectivity index (χ1) is 11.0. The molecule has 1 aliphatic heterocycles. The van der Waals surface area contributed by atoms with Crippen LogP contribution in [0.25, 0.3) is 0 Å². The van der Waals surface area contributed by atoms with Crippen molar-refractivity contribution in [3.8, 4) is 5.75 Å². The first kappa shape index (κ1) is 17.7. The van der Waals surface area contributed by atoms with Crippen molar-refractivity contribution in [2.75, 3.05) is 26.7 Å². The average molecular weight is 340 g/mol. The Kier molecular flexibility index (Phi) is 6.01. The van der Waals surface area contributed by atoms with Crippen LogP contribution >= 0.6 is 0 Å². The number of ether oxygens (including phenoxy) is 1. The predicted molar refractivity (Wildman–Crippen MR) is 87.8 cm³/mol. The number of carbonyl (C=O) groups excluding carboxylic acids is 1. The van der Waals surface area contributed by atoms with Gasteiger partial charge in [-0.3, -0.25) is 4.79 Å². The minimum absolute atomic E-state index is 0.0542. The smallest absolute Gasteiger partial charge is 0.243 e. The van der Waals surface area contributed by atoms with E-state index in [4.69, 9.17) is 4.74 Å². The van der Waals surface area contributed by atoms with E-state index >= 15 is 0 Å². The van der Waals surface area contributed by atoms with Crippen molar-refractivity contribution < 1.29 is 17.9 Å². The Hall–Kier alpha value is -1.60. The Morgan fingerprint density at radius 1 is 1.35 bits per heavy atom. The molecule has 1 atom stereocenters. The second-order valence-electron chi connectivity index (χ2n) is 5.67. The van der Waals surface area contributed by atoms with Crippen LogP contribution in [0.4, 0.5) is 0 Å². The molecule has 0 spiro atoms. The minimum Gasteiger partial charge on any atom is -0.497 e. The van der Waals surface area contributed by atoms with Crippen molar-refractivity contribution in [1.29, 1.82) is 0 Å². The van der Waals surface area contributed by atoms with Gasteiger partial charge in [0.05, 0.1) is 17.9 Å². The van der Waals surface area contributed by atoms with Gasteiger partial charge in [0.2, 0.25) is 15.9 Å². The molecule has 128 valence electrons. The summed E-state index contributed by atoms with van der Waals surface area (Å²) in [4.78, 5) is 12.3. The quantitative estimate of drug-likeness (QED) is 0.854. The highest BCUT2D eigenvalue weighted by molar-refractivity contribution is 7.89. The Labute approximate surface area is 137 Å². The number of rotatable bonds is 6. The summed E-state index contributed by atoms with van der Waals surface area (Å²) >= 11 is 0. The molecule has 0 radical (unpaired) electrons. The van der Waals surface area contributed by atoms with Crippen LogP contribution in [0.3, 0.4) is 0 Å². The highest BCUT2D eigenvalue weighted by Crippen LogP contribution is 2.25. The molecule has 7 heteroatoms. The predicted octanol–water partition coefficient (Wildman–Crippen LogP) is 1.62. The lowest BCUT2D eigenvalue weighted by Gasteiger charge is -2.31. The van der Waals surface area contributed by atoms with Gasteiger partial charge in [-0.15, -0.1) is 0 Å². The first-order valence-electron chi connectivity index (χ1n) is 7.91. The Balaban J connectivity index is 2.10. The van der Waals surface area contributed by atoms with Crippen LogP contribution < -0.4 is 10.1 Å². The van der Waals surface area contributed by atoms with Crippen molar-refractivity contribution in [2.24, 2.45) is 5.92 Å². The molecule has 1 aliphatic rings. The van der Waals surface area contributed by atoms with Gasteiger partial charge < -0.3 is 10.1 Å². The molecular formula is C16H24N2O4S. The van der Waals surface area contributed by atoms with Crippen molar-refractivity contribution in [2.45, 2.75) is 31.1 Å². The fraction of sp³-hybridized carbons (Fsp3) is 0.562. The Morgan fingerprint density at radius 3 is 2.65 bits per heavy atom. The van der Waals surface area contributed by atoms with E-state index in [0.29, 0.717) is 25.3 Å². The topological polar surface area (TPSA) is 75.7 Å². The lowest BCUT2D eigenvalue weighted by molar-refractivity contribution is -0.126. The van der Waals surface area contributed by atoms with E-state index in [9.17, 15) is 13.2 Å². The maximum atomic E-state index is 12.7. The molecule has 0 unspecified atom stereocenters. The second kappa shape index (κ2) is 7.79. The Bertz CT molecular complexity index is 628. The van der Waals surface area contributed by atoms with E-state index in [1.807, 2.05) is 6.92 Å². The summed E-state index contributed by atoms with van der Waals surface area (Å²) in [6.07, 6.45) is 2.29. The van der Waals surface area contributed by atoms with Gasteiger partial charge in [0, 0.05) is 19.6 Å². The van der Waals surface area contributed by atoms with E-state index in [0.717, 1.165) is 12.8 Å². The largest absolute Gasteiger partial charge is 0.497 e. The summed E-state index contributed by atoms with van der Waals surface area (Å²) in [6, 6.07) is 6.33. The van der Waals surface area contributed by atoms with Crippen LogP contribution in [0.5, 0.6) is 5.75 Å². The fourth-order valence-corrected chi connectivity index (χ4v) is 4.19. The van der Waals surface area contributed by atoms with Crippen LogP contribution in [-0.4, -0.2) is 45.4 Å². The summed E-state index contributed by atoms with van der Waals surface area (Å²) in [5.41, 5.74) is 0. The molecule has 1 N–H and O–H groups in total. The zero-order valence-electron chi connectivity index (χ0n) is 13.6. The third-order valence-electron chi connectivity index (χ3n) is 4.00. The lowest BCUT2D eigenvalue weighted by Crippen LogP contribution is -2.45. The maximum absolute atomic E-state index is 12.7. The van der Waals surface area contributed by atoms with Crippen LogP contribution in [-0.2, 0) is 14.8 Å². The number of amides is 1. The van der Waals surface area contributed by atoms with Gasteiger partial charge in [-0.25, -0.2) is 8.42 Å². The first-order valence-corrected chi connectivity index (χ1v) is 9.35. The van der Waals surface area contributed by atoms with Crippen LogP contribution in [0.1, 0.15) is 26.2 Å². The van der Waals surface area contributed by atoms with Gasteiger partial charge in [0.15, 0.2) is 0 Å². The minimum atomic E-state index is -3.58. The standard InChI is InChI=1S/C16H24N2O4S/c1-3-10-17-16(19)13-5-4-11-18(12-13)23(20,21)15-8-6-14(22-2)7-9-15/h6-9,13H,3-5,10-12H2,1-2H3,(H,17,19)/t13-/m0/s1. The SMILES string of the molecule is CCCNC(=O)[C@H]1CCCN(S(=O)(=O)c2ccc(OC)cc2)C1. The number of hydrogen-bond donors (Lipinski definition) is 1. The molecule has 0 saturated carbocycles. The molecule has 1 aromatic carbocycles. The van der Waals surface area contributed by atoms with E-state index in [1.165, 1.54) is 23.5 Å². The van der Waals surface area contributed by atoms with E-state index in [1.54, 1.807) is 12.1 Å². The number of carbonyl (C=O) groups is 1. The molecule has 1 aromatic rings. The summed E-state index contributed by atoms with van der Waals surface area (Å²) in [6.45, 7) is 3.30. The van der Waals surface area contributed by atoms with Crippen LogP contribution in [0, 0.1) is 5.92 Å². The van der Waals surface area contributed by atoms with Crippen molar-refractivity contribution in [3.05, 3.63) is 24.3 Å².